The Hall–Kier alpha value is -0.830. The normalized spacial score (nSPS) is 18.9. The zero-order chi connectivity index (χ0) is 9.26. The Bertz CT molecular complexity index is 275. The van der Waals surface area contributed by atoms with Crippen LogP contribution >= 0.6 is 0 Å². The molecule has 1 saturated carbocycles. The molecule has 1 aromatic rings. The SMILES string of the molecule is CCn1cc(C(C)NC2CC2)cn1. The van der Waals surface area contributed by atoms with Gasteiger partial charge in [-0.15, -0.1) is 0 Å². The minimum Gasteiger partial charge on any atom is -0.307 e. The van der Waals surface area contributed by atoms with Crippen LogP contribution in [0.25, 0.3) is 0 Å². The molecule has 3 heteroatoms. The molecule has 1 atom stereocenters. The predicted molar refractivity (Wildman–Crippen MR) is 52.5 cm³/mol. The van der Waals surface area contributed by atoms with Crippen LogP contribution < -0.4 is 5.32 Å². The number of hydrogen-bond donors (Lipinski definition) is 1. The molecule has 1 fully saturated rings. The molecule has 1 aliphatic rings. The summed E-state index contributed by atoms with van der Waals surface area (Å²) in [5.74, 6) is 0. The van der Waals surface area contributed by atoms with E-state index in [9.17, 15) is 0 Å². The number of hydrogen-bond acceptors (Lipinski definition) is 2. The van der Waals surface area contributed by atoms with Gasteiger partial charge < -0.3 is 5.32 Å². The first-order valence-electron chi connectivity index (χ1n) is 5.08. The van der Waals surface area contributed by atoms with Gasteiger partial charge >= 0.3 is 0 Å². The first-order chi connectivity index (χ1) is 6.29. The molecular formula is C10H17N3. The summed E-state index contributed by atoms with van der Waals surface area (Å²) in [6.07, 6.45) is 6.77. The lowest BCUT2D eigenvalue weighted by Crippen LogP contribution is -2.20. The summed E-state index contributed by atoms with van der Waals surface area (Å²) in [6, 6.07) is 1.22. The second kappa shape index (κ2) is 3.50. The summed E-state index contributed by atoms with van der Waals surface area (Å²) in [6.45, 7) is 5.27. The van der Waals surface area contributed by atoms with E-state index in [4.69, 9.17) is 0 Å². The van der Waals surface area contributed by atoms with Crippen LogP contribution in [0.5, 0.6) is 0 Å². The monoisotopic (exact) mass is 179 g/mol. The Morgan fingerprint density at radius 2 is 2.46 bits per heavy atom. The van der Waals surface area contributed by atoms with Gasteiger partial charge in [0.2, 0.25) is 0 Å². The smallest absolute Gasteiger partial charge is 0.0537 e. The van der Waals surface area contributed by atoms with Crippen LogP contribution in [-0.2, 0) is 6.54 Å². The molecule has 0 amide bonds. The van der Waals surface area contributed by atoms with Crippen LogP contribution in [0.3, 0.4) is 0 Å². The third-order valence-corrected chi connectivity index (χ3v) is 2.54. The minimum atomic E-state index is 0.452. The predicted octanol–water partition coefficient (Wildman–Crippen LogP) is 1.72. The first-order valence-corrected chi connectivity index (χ1v) is 5.08. The highest BCUT2D eigenvalue weighted by Crippen LogP contribution is 2.23. The molecule has 0 saturated heterocycles. The molecule has 0 aliphatic heterocycles. The molecule has 1 heterocycles. The summed E-state index contributed by atoms with van der Waals surface area (Å²) in [5.41, 5.74) is 1.30. The molecule has 72 valence electrons. The fourth-order valence-electron chi connectivity index (χ4n) is 1.48. The third kappa shape index (κ3) is 2.10. The van der Waals surface area contributed by atoms with Crippen LogP contribution in [0.15, 0.2) is 12.4 Å². The van der Waals surface area contributed by atoms with Crippen molar-refractivity contribution < 1.29 is 0 Å². The lowest BCUT2D eigenvalue weighted by Gasteiger charge is -2.09. The zero-order valence-electron chi connectivity index (χ0n) is 8.33. The van der Waals surface area contributed by atoms with Gasteiger partial charge in [0.25, 0.3) is 0 Å². The third-order valence-electron chi connectivity index (χ3n) is 2.54. The van der Waals surface area contributed by atoms with E-state index in [1.165, 1.54) is 18.4 Å². The Morgan fingerprint density at radius 3 is 3.00 bits per heavy atom. The molecular weight excluding hydrogens is 162 g/mol. The van der Waals surface area contributed by atoms with Crippen LogP contribution in [0, 0.1) is 0 Å². The summed E-state index contributed by atoms with van der Waals surface area (Å²) in [4.78, 5) is 0. The second-order valence-corrected chi connectivity index (χ2v) is 3.79. The van der Waals surface area contributed by atoms with Gasteiger partial charge in [0.15, 0.2) is 0 Å². The lowest BCUT2D eigenvalue weighted by molar-refractivity contribution is 0.569. The van der Waals surface area contributed by atoms with Gasteiger partial charge in [0.1, 0.15) is 0 Å². The van der Waals surface area contributed by atoms with Gasteiger partial charge in [0.05, 0.1) is 6.20 Å². The van der Waals surface area contributed by atoms with Crippen molar-refractivity contribution in [2.75, 3.05) is 0 Å². The molecule has 13 heavy (non-hydrogen) atoms. The van der Waals surface area contributed by atoms with E-state index >= 15 is 0 Å². The van der Waals surface area contributed by atoms with E-state index < -0.39 is 0 Å². The number of rotatable bonds is 4. The van der Waals surface area contributed by atoms with Crippen LogP contribution in [0.4, 0.5) is 0 Å². The van der Waals surface area contributed by atoms with Crippen molar-refractivity contribution in [3.05, 3.63) is 18.0 Å². The van der Waals surface area contributed by atoms with Crippen molar-refractivity contribution in [3.8, 4) is 0 Å². The lowest BCUT2D eigenvalue weighted by atomic mass is 10.2. The maximum Gasteiger partial charge on any atom is 0.0537 e. The van der Waals surface area contributed by atoms with Crippen molar-refractivity contribution in [1.29, 1.82) is 0 Å². The average molecular weight is 179 g/mol. The standard InChI is InChI=1S/C10H17N3/c1-3-13-7-9(6-11-13)8(2)12-10-4-5-10/h6-8,10,12H,3-5H2,1-2H3. The Labute approximate surface area is 79.1 Å². The van der Waals surface area contributed by atoms with Gasteiger partial charge in [-0.25, -0.2) is 0 Å². The number of aryl methyl sites for hydroxylation is 1. The van der Waals surface area contributed by atoms with E-state index in [1.54, 1.807) is 0 Å². The Balaban J connectivity index is 1.96. The Kier molecular flexibility index (Phi) is 2.36. The number of nitrogens with one attached hydrogen (secondary N) is 1. The molecule has 0 aromatic carbocycles. The summed E-state index contributed by atoms with van der Waals surface area (Å²) in [7, 11) is 0. The molecule has 2 rings (SSSR count). The number of aromatic nitrogens is 2. The summed E-state index contributed by atoms with van der Waals surface area (Å²) < 4.78 is 1.97. The molecule has 1 unspecified atom stereocenters. The van der Waals surface area contributed by atoms with Gasteiger partial charge in [-0.3, -0.25) is 4.68 Å². The highest BCUT2D eigenvalue weighted by molar-refractivity contribution is 5.10. The van der Waals surface area contributed by atoms with Gasteiger partial charge in [-0.2, -0.15) is 5.10 Å². The highest BCUT2D eigenvalue weighted by Gasteiger charge is 2.23. The van der Waals surface area contributed by atoms with Crippen LogP contribution in [0.2, 0.25) is 0 Å². The summed E-state index contributed by atoms with van der Waals surface area (Å²) >= 11 is 0. The van der Waals surface area contributed by atoms with E-state index in [0.29, 0.717) is 6.04 Å². The molecule has 1 N–H and O–H groups in total. The average Bonchev–Trinajstić information content (AvgIpc) is 2.82. The van der Waals surface area contributed by atoms with Crippen molar-refractivity contribution in [1.82, 2.24) is 15.1 Å². The number of nitrogens with zero attached hydrogens (tertiary/aromatic N) is 2. The van der Waals surface area contributed by atoms with E-state index in [0.717, 1.165) is 12.6 Å². The van der Waals surface area contributed by atoms with E-state index in [1.807, 2.05) is 10.9 Å². The van der Waals surface area contributed by atoms with Crippen molar-refractivity contribution in [2.45, 2.75) is 45.3 Å². The Morgan fingerprint density at radius 1 is 1.69 bits per heavy atom. The quantitative estimate of drug-likeness (QED) is 0.762. The van der Waals surface area contributed by atoms with Gasteiger partial charge in [-0.1, -0.05) is 0 Å². The molecule has 0 bridgehead atoms. The molecule has 1 aliphatic carbocycles. The second-order valence-electron chi connectivity index (χ2n) is 3.79. The van der Waals surface area contributed by atoms with Crippen molar-refractivity contribution in [3.63, 3.8) is 0 Å². The maximum atomic E-state index is 4.26. The topological polar surface area (TPSA) is 29.9 Å². The molecule has 0 radical (unpaired) electrons. The fraction of sp³-hybridized carbons (Fsp3) is 0.700. The van der Waals surface area contributed by atoms with Crippen molar-refractivity contribution in [2.24, 2.45) is 0 Å². The largest absolute Gasteiger partial charge is 0.307 e. The molecule has 0 spiro atoms. The van der Waals surface area contributed by atoms with E-state index in [2.05, 4.69) is 30.5 Å². The summed E-state index contributed by atoms with van der Waals surface area (Å²) in [5, 5.41) is 7.81. The zero-order valence-corrected chi connectivity index (χ0v) is 8.33. The maximum absolute atomic E-state index is 4.26. The highest BCUT2D eigenvalue weighted by atomic mass is 15.3. The van der Waals surface area contributed by atoms with Crippen molar-refractivity contribution >= 4 is 0 Å². The van der Waals surface area contributed by atoms with Gasteiger partial charge in [0, 0.05) is 30.4 Å². The fourth-order valence-corrected chi connectivity index (χ4v) is 1.48. The molecule has 3 nitrogen and oxygen atoms in total. The van der Waals surface area contributed by atoms with E-state index in [-0.39, 0.29) is 0 Å². The van der Waals surface area contributed by atoms with Crippen LogP contribution in [-0.4, -0.2) is 15.8 Å². The first kappa shape index (κ1) is 8.75. The van der Waals surface area contributed by atoms with Crippen LogP contribution in [0.1, 0.15) is 38.3 Å². The van der Waals surface area contributed by atoms with Gasteiger partial charge in [-0.05, 0) is 26.7 Å². The molecule has 1 aromatic heterocycles. The minimum absolute atomic E-state index is 0.452.